The number of rotatable bonds is 7. The number of carboxylic acid groups (broad SMARTS) is 1. The molecule has 0 bridgehead atoms. The second-order valence-corrected chi connectivity index (χ2v) is 6.61. The van der Waals surface area contributed by atoms with Crippen molar-refractivity contribution in [2.45, 2.75) is 13.3 Å². The van der Waals surface area contributed by atoms with Gasteiger partial charge in [-0.25, -0.2) is 27.7 Å². The van der Waals surface area contributed by atoms with Crippen LogP contribution < -0.4 is 11.4 Å². The molecule has 30 heavy (non-hydrogen) atoms. The lowest BCUT2D eigenvalue weighted by molar-refractivity contribution is 0.0691. The molecule has 12 heteroatoms. The summed E-state index contributed by atoms with van der Waals surface area (Å²) in [6.45, 7) is 4.89. The quantitative estimate of drug-likeness (QED) is 0.231. The van der Waals surface area contributed by atoms with Crippen molar-refractivity contribution in [3.63, 3.8) is 0 Å². The first kappa shape index (κ1) is 22.9. The molecule has 1 aromatic carbocycles. The molecule has 0 aliphatic carbocycles. The minimum atomic E-state index is -1.71. The van der Waals surface area contributed by atoms with Crippen molar-refractivity contribution in [2.75, 3.05) is 6.61 Å². The smallest absolute Gasteiger partial charge is 0.338 e. The first-order chi connectivity index (χ1) is 14.0. The number of nitrogens with zero attached hydrogens (tertiary/aromatic N) is 4. The van der Waals surface area contributed by atoms with Crippen molar-refractivity contribution < 1.29 is 23.5 Å². The Balaban J connectivity index is 2.86. The monoisotopic (exact) mass is 440 g/mol. The number of oxime groups is 1. The number of hydrogen-bond donors (Lipinski definition) is 1. The van der Waals surface area contributed by atoms with Crippen LogP contribution in [0.2, 0.25) is 0 Å². The molecular weight excluding hydrogens is 422 g/mol. The summed E-state index contributed by atoms with van der Waals surface area (Å²) in [4.78, 5) is 41.5. The van der Waals surface area contributed by atoms with Crippen LogP contribution in [0, 0.1) is 16.4 Å². The van der Waals surface area contributed by atoms with E-state index >= 15 is 4.39 Å². The maximum Gasteiger partial charge on any atom is 0.338 e. The van der Waals surface area contributed by atoms with E-state index in [9.17, 15) is 23.9 Å². The highest BCUT2D eigenvalue weighted by molar-refractivity contribution is 7.71. The fourth-order valence-electron chi connectivity index (χ4n) is 2.62. The number of carboxylic acids is 1. The Hall–Kier alpha value is -3.41. The van der Waals surface area contributed by atoms with Crippen molar-refractivity contribution in [1.82, 2.24) is 13.7 Å². The van der Waals surface area contributed by atoms with Crippen LogP contribution in [-0.2, 0) is 25.4 Å². The Labute approximate surface area is 173 Å². The van der Waals surface area contributed by atoms with Crippen LogP contribution in [-0.4, -0.2) is 37.1 Å². The molecule has 0 amide bonds. The topological polar surface area (TPSA) is 108 Å². The van der Waals surface area contributed by atoms with Gasteiger partial charge in [-0.1, -0.05) is 17.8 Å². The van der Waals surface area contributed by atoms with Crippen LogP contribution in [0.5, 0.6) is 0 Å². The maximum atomic E-state index is 15.2. The van der Waals surface area contributed by atoms with Crippen molar-refractivity contribution in [3.8, 4) is 5.69 Å². The van der Waals surface area contributed by atoms with Gasteiger partial charge in [0.2, 0.25) is 0 Å². The number of aromatic carboxylic acids is 1. The van der Waals surface area contributed by atoms with Crippen LogP contribution in [0.15, 0.2) is 33.5 Å². The Kier molecular flexibility index (Phi) is 6.82. The van der Waals surface area contributed by atoms with Gasteiger partial charge in [0.1, 0.15) is 12.4 Å². The Morgan fingerprint density at radius 2 is 1.83 bits per heavy atom. The van der Waals surface area contributed by atoms with Gasteiger partial charge in [0.05, 0.1) is 17.0 Å². The van der Waals surface area contributed by atoms with Crippen LogP contribution in [0.4, 0.5) is 8.78 Å². The van der Waals surface area contributed by atoms with Crippen LogP contribution in [0.25, 0.3) is 5.69 Å². The third kappa shape index (κ3) is 4.13. The number of halogens is 2. The van der Waals surface area contributed by atoms with Crippen LogP contribution in [0.3, 0.4) is 0 Å². The minimum absolute atomic E-state index is 0.0537. The summed E-state index contributed by atoms with van der Waals surface area (Å²) >= 11 is 4.96. The largest absolute Gasteiger partial charge is 0.478 e. The molecule has 1 aromatic heterocycles. The summed E-state index contributed by atoms with van der Waals surface area (Å²) in [6.07, 6.45) is 0.940. The van der Waals surface area contributed by atoms with Crippen molar-refractivity contribution in [3.05, 3.63) is 67.2 Å². The lowest BCUT2D eigenvalue weighted by Gasteiger charge is -2.15. The van der Waals surface area contributed by atoms with Gasteiger partial charge < -0.3 is 9.94 Å². The molecule has 0 atom stereocenters. The summed E-state index contributed by atoms with van der Waals surface area (Å²) in [7, 11) is 2.52. The Bertz CT molecular complexity index is 1200. The average Bonchev–Trinajstić information content (AvgIpc) is 2.69. The fraction of sp³-hybridized carbons (Fsp3) is 0.278. The van der Waals surface area contributed by atoms with Crippen LogP contribution >= 0.6 is 12.2 Å². The Morgan fingerprint density at radius 3 is 2.33 bits per heavy atom. The fourth-order valence-corrected chi connectivity index (χ4v) is 2.77. The third-order valence-corrected chi connectivity index (χ3v) is 4.67. The van der Waals surface area contributed by atoms with Crippen molar-refractivity contribution >= 4 is 23.9 Å². The van der Waals surface area contributed by atoms with Gasteiger partial charge in [-0.3, -0.25) is 9.13 Å². The zero-order valence-corrected chi connectivity index (χ0v) is 17.1. The number of carbonyl (C=O) groups is 1. The summed E-state index contributed by atoms with van der Waals surface area (Å²) in [5.41, 5.74) is -4.24. The molecule has 2 aromatic rings. The van der Waals surface area contributed by atoms with Crippen molar-refractivity contribution in [1.29, 1.82) is 0 Å². The second-order valence-electron chi connectivity index (χ2n) is 6.24. The first-order valence-corrected chi connectivity index (χ1v) is 8.83. The molecule has 0 aliphatic rings. The molecule has 0 radical (unpaired) electrons. The molecule has 2 rings (SSSR count). The summed E-state index contributed by atoms with van der Waals surface area (Å²) in [6, 6.07) is 0.586. The van der Waals surface area contributed by atoms with Gasteiger partial charge in [0, 0.05) is 26.1 Å². The molecule has 1 heterocycles. The molecule has 0 aliphatic heterocycles. The van der Waals surface area contributed by atoms with E-state index in [1.807, 2.05) is 0 Å². The van der Waals surface area contributed by atoms with E-state index in [1.165, 1.54) is 27.1 Å². The lowest BCUT2D eigenvalue weighted by atomic mass is 10.0. The number of hydrogen-bond acceptors (Lipinski definition) is 6. The van der Waals surface area contributed by atoms with Gasteiger partial charge in [0.25, 0.3) is 0 Å². The number of benzene rings is 1. The normalized spacial score (nSPS) is 11.4. The lowest BCUT2D eigenvalue weighted by Crippen LogP contribution is -2.44. The van der Waals surface area contributed by atoms with Gasteiger partial charge >= 0.3 is 17.3 Å². The first-order valence-electron chi connectivity index (χ1n) is 8.42. The van der Waals surface area contributed by atoms with E-state index in [1.54, 1.807) is 0 Å². The van der Waals surface area contributed by atoms with E-state index in [0.717, 1.165) is 9.13 Å². The molecule has 0 unspecified atom stereocenters. The van der Waals surface area contributed by atoms with E-state index in [0.29, 0.717) is 10.6 Å². The van der Waals surface area contributed by atoms with Gasteiger partial charge in [-0.15, -0.1) is 0 Å². The molecule has 0 saturated heterocycles. The highest BCUT2D eigenvalue weighted by atomic mass is 32.1. The molecule has 160 valence electrons. The zero-order chi connectivity index (χ0) is 22.7. The third-order valence-electron chi connectivity index (χ3n) is 4.12. The second kappa shape index (κ2) is 8.95. The molecular formula is C18H18F2N4O5S. The minimum Gasteiger partial charge on any atom is -0.478 e. The maximum absolute atomic E-state index is 15.2. The van der Waals surface area contributed by atoms with Crippen LogP contribution in [0.1, 0.15) is 22.8 Å². The highest BCUT2D eigenvalue weighted by Gasteiger charge is 2.26. The predicted octanol–water partition coefficient (Wildman–Crippen LogP) is 1.70. The highest BCUT2D eigenvalue weighted by Crippen LogP contribution is 2.24. The standard InChI is InChI=1S/C18H18F2N4O5S/c1-5-6-29-21-9(2)7-10-13(19)11(15(25)26)8-12(14(10)20)24-16(27)22(3)18(30)23(4)17(24)28/h5,8H,1,6-7H2,2-4H3,(H,25,26). The molecule has 1 N–H and O–H groups in total. The molecule has 0 saturated carbocycles. The van der Waals surface area contributed by atoms with Crippen molar-refractivity contribution in [2.24, 2.45) is 19.3 Å². The van der Waals surface area contributed by atoms with E-state index in [2.05, 4.69) is 11.7 Å². The van der Waals surface area contributed by atoms with E-state index < -0.39 is 52.2 Å². The summed E-state index contributed by atoms with van der Waals surface area (Å²) in [5.74, 6) is -4.34. The van der Waals surface area contributed by atoms with Gasteiger partial charge in [-0.05, 0) is 25.2 Å². The molecule has 9 nitrogen and oxygen atoms in total. The zero-order valence-electron chi connectivity index (χ0n) is 16.3. The summed E-state index contributed by atoms with van der Waals surface area (Å²) in [5, 5.41) is 13.0. The summed E-state index contributed by atoms with van der Waals surface area (Å²) < 4.78 is 32.0. The molecule has 0 spiro atoms. The average molecular weight is 440 g/mol. The predicted molar refractivity (Wildman–Crippen MR) is 107 cm³/mol. The Morgan fingerprint density at radius 1 is 1.27 bits per heavy atom. The molecule has 0 fully saturated rings. The van der Waals surface area contributed by atoms with Gasteiger partial charge in [0.15, 0.2) is 10.6 Å². The SMILES string of the molecule is C=CCON=C(C)Cc1c(F)c(C(=O)O)cc(-n2c(=O)n(C)c(=S)n(C)c2=O)c1F. The van der Waals surface area contributed by atoms with Gasteiger partial charge in [-0.2, -0.15) is 0 Å². The number of aromatic nitrogens is 3. The van der Waals surface area contributed by atoms with E-state index in [4.69, 9.17) is 17.1 Å². The van der Waals surface area contributed by atoms with E-state index in [-0.39, 0.29) is 17.1 Å².